The van der Waals surface area contributed by atoms with E-state index in [1.54, 1.807) is 6.08 Å². The number of aliphatic hydroxyl groups is 2. The van der Waals surface area contributed by atoms with Crippen LogP contribution < -0.4 is 0 Å². The number of Topliss-reactive ketones (excluding diaryl/α,β-unsaturated/α-hetero) is 1. The Bertz CT molecular complexity index is 535. The molecule has 0 amide bonds. The molecule has 0 heterocycles. The van der Waals surface area contributed by atoms with E-state index in [1.165, 1.54) is 0 Å². The van der Waals surface area contributed by atoms with Gasteiger partial charge in [0.05, 0.1) is 12.2 Å². The lowest BCUT2D eigenvalue weighted by molar-refractivity contribution is -0.137. The summed E-state index contributed by atoms with van der Waals surface area (Å²) in [4.78, 5) is 22.7. The van der Waals surface area contributed by atoms with Crippen molar-refractivity contribution >= 4 is 11.8 Å². The highest BCUT2D eigenvalue weighted by atomic mass is 16.4. The molecule has 1 saturated carbocycles. The Kier molecular flexibility index (Phi) is 9.95. The Morgan fingerprint density at radius 2 is 2.00 bits per heavy atom. The fraction of sp³-hybridized carbons (Fsp3) is 0.727. The maximum Gasteiger partial charge on any atom is 0.303 e. The van der Waals surface area contributed by atoms with Crippen molar-refractivity contribution in [3.8, 4) is 0 Å². The van der Waals surface area contributed by atoms with Gasteiger partial charge in [-0.3, -0.25) is 9.59 Å². The maximum absolute atomic E-state index is 12.2. The first kappa shape index (κ1) is 23.6. The number of hydrogen-bond acceptors (Lipinski definition) is 4. The van der Waals surface area contributed by atoms with Gasteiger partial charge in [-0.05, 0) is 31.1 Å². The zero-order chi connectivity index (χ0) is 20.4. The number of carboxylic acid groups (broad SMARTS) is 1. The lowest BCUT2D eigenvalue weighted by Gasteiger charge is -2.29. The highest BCUT2D eigenvalue weighted by Crippen LogP contribution is 2.35. The number of hydrogen-bond donors (Lipinski definition) is 3. The smallest absolute Gasteiger partial charge is 0.303 e. The minimum atomic E-state index is -0.803. The van der Waals surface area contributed by atoms with Crippen LogP contribution in [0, 0.1) is 17.3 Å². The van der Waals surface area contributed by atoms with E-state index in [1.807, 2.05) is 32.1 Å². The molecular formula is C22H36O5. The molecule has 0 aromatic heterocycles. The summed E-state index contributed by atoms with van der Waals surface area (Å²) < 4.78 is 0. The molecule has 0 bridgehead atoms. The lowest BCUT2D eigenvalue weighted by atomic mass is 9.80. The van der Waals surface area contributed by atoms with Gasteiger partial charge in [0.2, 0.25) is 0 Å². The summed E-state index contributed by atoms with van der Waals surface area (Å²) in [6, 6.07) is 0. The van der Waals surface area contributed by atoms with Crippen molar-refractivity contribution in [1.82, 2.24) is 0 Å². The number of carbonyl (C=O) groups is 2. The van der Waals surface area contributed by atoms with E-state index in [-0.39, 0.29) is 35.9 Å². The van der Waals surface area contributed by atoms with Gasteiger partial charge in [0.1, 0.15) is 5.78 Å². The average Bonchev–Trinajstić information content (AvgIpc) is 2.86. The number of ketones is 1. The third-order valence-corrected chi connectivity index (χ3v) is 5.54. The number of carbonyl (C=O) groups excluding carboxylic acids is 1. The number of aliphatic carboxylic acids is 1. The number of carboxylic acids is 1. The molecule has 0 aliphatic heterocycles. The van der Waals surface area contributed by atoms with Crippen molar-refractivity contribution in [2.24, 2.45) is 17.3 Å². The van der Waals surface area contributed by atoms with Gasteiger partial charge in [-0.25, -0.2) is 0 Å². The molecule has 154 valence electrons. The van der Waals surface area contributed by atoms with Gasteiger partial charge in [-0.1, -0.05) is 57.9 Å². The molecule has 1 rings (SSSR count). The van der Waals surface area contributed by atoms with E-state index < -0.39 is 18.2 Å². The van der Waals surface area contributed by atoms with Gasteiger partial charge in [0, 0.05) is 24.7 Å². The van der Waals surface area contributed by atoms with Crippen molar-refractivity contribution in [2.45, 2.75) is 84.3 Å². The Morgan fingerprint density at radius 3 is 2.63 bits per heavy atom. The molecule has 0 saturated heterocycles. The highest BCUT2D eigenvalue weighted by Gasteiger charge is 2.39. The standard InChI is InChI=1S/C22H36O5/c1-4-5-14-22(2,3)20(25)13-12-17-16(18(23)15-19(17)24)10-8-6-7-9-11-21(26)27/h6,8,12-13,16-17,19-20,24-25H,4-5,7,9-11,14-15H2,1-3H3,(H,26,27)/b8-6+,13-12+/t16-,17-,19+,20+/m1/s1. The Labute approximate surface area is 163 Å². The van der Waals surface area contributed by atoms with E-state index in [2.05, 4.69) is 6.92 Å². The summed E-state index contributed by atoms with van der Waals surface area (Å²) in [7, 11) is 0. The fourth-order valence-corrected chi connectivity index (χ4v) is 3.53. The van der Waals surface area contributed by atoms with Gasteiger partial charge in [0.25, 0.3) is 0 Å². The molecule has 5 heteroatoms. The van der Waals surface area contributed by atoms with E-state index in [4.69, 9.17) is 5.11 Å². The third kappa shape index (κ3) is 7.97. The summed E-state index contributed by atoms with van der Waals surface area (Å²) in [6.07, 6.45) is 11.2. The van der Waals surface area contributed by atoms with Crippen LogP contribution in [0.4, 0.5) is 0 Å². The number of aliphatic hydroxyl groups excluding tert-OH is 2. The van der Waals surface area contributed by atoms with Crippen LogP contribution in [0.25, 0.3) is 0 Å². The summed E-state index contributed by atoms with van der Waals surface area (Å²) in [5.41, 5.74) is -0.236. The summed E-state index contributed by atoms with van der Waals surface area (Å²) in [6.45, 7) is 6.19. The third-order valence-electron chi connectivity index (χ3n) is 5.54. The van der Waals surface area contributed by atoms with Gasteiger partial charge in [0.15, 0.2) is 0 Å². The SMILES string of the molecule is CCCCC(C)(C)[C@@H](O)/C=C/[C@H]1[C@@H](O)CC(=O)[C@@H]1C/C=C/CCCC(=O)O. The molecule has 4 atom stereocenters. The predicted molar refractivity (Wildman–Crippen MR) is 106 cm³/mol. The van der Waals surface area contributed by atoms with Crippen molar-refractivity contribution in [3.05, 3.63) is 24.3 Å². The first-order chi connectivity index (χ1) is 12.7. The zero-order valence-electron chi connectivity index (χ0n) is 16.9. The molecule has 1 aliphatic carbocycles. The highest BCUT2D eigenvalue weighted by molar-refractivity contribution is 5.84. The number of rotatable bonds is 12. The first-order valence-electron chi connectivity index (χ1n) is 10.1. The predicted octanol–water partition coefficient (Wildman–Crippen LogP) is 3.89. The van der Waals surface area contributed by atoms with Gasteiger partial charge < -0.3 is 15.3 Å². The molecule has 1 aliphatic rings. The van der Waals surface area contributed by atoms with E-state index >= 15 is 0 Å². The molecule has 0 radical (unpaired) electrons. The topological polar surface area (TPSA) is 94.8 Å². The van der Waals surface area contributed by atoms with Crippen LogP contribution in [0.2, 0.25) is 0 Å². The van der Waals surface area contributed by atoms with Crippen LogP contribution in [0.3, 0.4) is 0 Å². The molecule has 0 spiro atoms. The van der Waals surface area contributed by atoms with Crippen LogP contribution in [0.5, 0.6) is 0 Å². The van der Waals surface area contributed by atoms with E-state index in [9.17, 15) is 19.8 Å². The van der Waals surface area contributed by atoms with Gasteiger partial charge in [-0.2, -0.15) is 0 Å². The quantitative estimate of drug-likeness (QED) is 0.353. The van der Waals surface area contributed by atoms with Crippen molar-refractivity contribution in [2.75, 3.05) is 0 Å². The monoisotopic (exact) mass is 380 g/mol. The molecule has 1 fully saturated rings. The summed E-state index contributed by atoms with van der Waals surface area (Å²) in [5, 5.41) is 29.4. The molecule has 0 aromatic carbocycles. The van der Waals surface area contributed by atoms with Gasteiger partial charge >= 0.3 is 5.97 Å². The second-order valence-electron chi connectivity index (χ2n) is 8.34. The van der Waals surface area contributed by atoms with Crippen molar-refractivity contribution in [3.63, 3.8) is 0 Å². The Hall–Kier alpha value is -1.46. The minimum absolute atomic E-state index is 0.0482. The minimum Gasteiger partial charge on any atom is -0.481 e. The average molecular weight is 381 g/mol. The normalized spacial score (nSPS) is 24.9. The molecule has 5 nitrogen and oxygen atoms in total. The Balaban J connectivity index is 2.63. The van der Waals surface area contributed by atoms with Crippen LogP contribution in [-0.2, 0) is 9.59 Å². The van der Waals surface area contributed by atoms with E-state index in [0.29, 0.717) is 19.3 Å². The fourth-order valence-electron chi connectivity index (χ4n) is 3.53. The summed E-state index contributed by atoms with van der Waals surface area (Å²) in [5.74, 6) is -1.31. The first-order valence-corrected chi connectivity index (χ1v) is 10.1. The van der Waals surface area contributed by atoms with Gasteiger partial charge in [-0.15, -0.1) is 0 Å². The molecule has 27 heavy (non-hydrogen) atoms. The number of allylic oxidation sites excluding steroid dienone is 2. The maximum atomic E-state index is 12.2. The molecule has 3 N–H and O–H groups in total. The largest absolute Gasteiger partial charge is 0.481 e. The van der Waals surface area contributed by atoms with Crippen LogP contribution in [0.1, 0.15) is 72.1 Å². The second-order valence-corrected chi connectivity index (χ2v) is 8.34. The van der Waals surface area contributed by atoms with Crippen molar-refractivity contribution in [1.29, 1.82) is 0 Å². The second kappa shape index (κ2) is 11.4. The van der Waals surface area contributed by atoms with E-state index in [0.717, 1.165) is 19.3 Å². The zero-order valence-corrected chi connectivity index (χ0v) is 16.9. The molecule has 0 aromatic rings. The molecular weight excluding hydrogens is 344 g/mol. The lowest BCUT2D eigenvalue weighted by Crippen LogP contribution is -2.28. The Morgan fingerprint density at radius 1 is 1.30 bits per heavy atom. The van der Waals surface area contributed by atoms with Crippen LogP contribution >= 0.6 is 0 Å². The van der Waals surface area contributed by atoms with Crippen molar-refractivity contribution < 1.29 is 24.9 Å². The van der Waals surface area contributed by atoms with Crippen LogP contribution in [-0.4, -0.2) is 39.3 Å². The summed E-state index contributed by atoms with van der Waals surface area (Å²) >= 11 is 0. The number of unbranched alkanes of at least 4 members (excludes halogenated alkanes) is 2. The van der Waals surface area contributed by atoms with Crippen LogP contribution in [0.15, 0.2) is 24.3 Å². The molecule has 0 unspecified atom stereocenters.